The van der Waals surface area contributed by atoms with Crippen LogP contribution in [0.3, 0.4) is 0 Å². The molecule has 2 aromatic carbocycles. The molecular formula is C24H24N4O2. The summed E-state index contributed by atoms with van der Waals surface area (Å²) in [5.41, 5.74) is 4.91. The summed E-state index contributed by atoms with van der Waals surface area (Å²) in [4.78, 5) is 12.5. The van der Waals surface area contributed by atoms with Crippen molar-refractivity contribution in [2.75, 3.05) is 13.7 Å². The molecule has 2 aliphatic rings. The number of oxime groups is 1. The minimum absolute atomic E-state index is 0.546. The molecule has 0 aliphatic carbocycles. The quantitative estimate of drug-likeness (QED) is 0.656. The number of ether oxygens (including phenoxy) is 1. The molecule has 3 heterocycles. The zero-order valence-electron chi connectivity index (χ0n) is 17.4. The maximum absolute atomic E-state index is 5.92. The zero-order chi connectivity index (χ0) is 20.7. The largest absolute Gasteiger partial charge is 0.495 e. The molecule has 152 valence electrons. The van der Waals surface area contributed by atoms with E-state index in [4.69, 9.17) is 9.57 Å². The van der Waals surface area contributed by atoms with E-state index in [9.17, 15) is 0 Å². The monoisotopic (exact) mass is 400 g/mol. The lowest BCUT2D eigenvalue weighted by Gasteiger charge is -2.39. The molecule has 6 heteroatoms. The molecular weight excluding hydrogens is 376 g/mol. The number of methoxy groups -OCH3 is 1. The highest BCUT2D eigenvalue weighted by Crippen LogP contribution is 2.40. The number of fused-ring (bicyclic) bond motifs is 3. The van der Waals surface area contributed by atoms with Crippen molar-refractivity contribution in [3.8, 4) is 11.4 Å². The Morgan fingerprint density at radius 2 is 2.03 bits per heavy atom. The number of imidazole rings is 1. The van der Waals surface area contributed by atoms with Gasteiger partial charge in [-0.2, -0.15) is 0 Å². The first kappa shape index (κ1) is 18.5. The van der Waals surface area contributed by atoms with Gasteiger partial charge in [-0.15, -0.1) is 0 Å². The van der Waals surface area contributed by atoms with E-state index in [0.717, 1.165) is 41.5 Å². The standard InChI is InChI=1S/C24H24N4O2/c1-17-15-27(16-25-17)21-10-8-18(14-22(21)29-3)9-11-23-26-30-24(2)20-7-5-4-6-19(20)12-13-28(23)24/h4-11,14-16H,12-13H2,1-3H3/b11-9+. The summed E-state index contributed by atoms with van der Waals surface area (Å²) < 4.78 is 7.58. The zero-order valence-corrected chi connectivity index (χ0v) is 17.4. The van der Waals surface area contributed by atoms with Crippen molar-refractivity contribution in [1.82, 2.24) is 14.5 Å². The van der Waals surface area contributed by atoms with E-state index in [0.29, 0.717) is 0 Å². The molecule has 0 fully saturated rings. The van der Waals surface area contributed by atoms with Crippen LogP contribution in [-0.4, -0.2) is 33.9 Å². The van der Waals surface area contributed by atoms with Crippen molar-refractivity contribution in [3.63, 3.8) is 0 Å². The van der Waals surface area contributed by atoms with Gasteiger partial charge in [0.1, 0.15) is 5.75 Å². The van der Waals surface area contributed by atoms with Crippen LogP contribution in [0.1, 0.15) is 29.3 Å². The van der Waals surface area contributed by atoms with Gasteiger partial charge < -0.3 is 19.0 Å². The summed E-state index contributed by atoms with van der Waals surface area (Å²) in [5.74, 6) is 1.62. The number of hydrogen-bond donors (Lipinski definition) is 0. The molecule has 0 saturated heterocycles. The van der Waals surface area contributed by atoms with Crippen LogP contribution in [0.25, 0.3) is 11.8 Å². The molecule has 3 aromatic rings. The van der Waals surface area contributed by atoms with Crippen molar-refractivity contribution in [2.45, 2.75) is 26.0 Å². The van der Waals surface area contributed by atoms with Gasteiger partial charge in [0.25, 0.3) is 0 Å². The van der Waals surface area contributed by atoms with Gasteiger partial charge in [-0.3, -0.25) is 0 Å². The SMILES string of the molecule is COc1cc(/C=C/C2=NOC3(C)c4ccccc4CCN23)ccc1-n1cnc(C)c1. The molecule has 5 rings (SSSR count). The Bertz CT molecular complexity index is 1160. The lowest BCUT2D eigenvalue weighted by atomic mass is 9.90. The Morgan fingerprint density at radius 1 is 1.17 bits per heavy atom. The van der Waals surface area contributed by atoms with Gasteiger partial charge in [-0.25, -0.2) is 4.98 Å². The lowest BCUT2D eigenvalue weighted by Crippen LogP contribution is -2.48. The van der Waals surface area contributed by atoms with Crippen molar-refractivity contribution in [3.05, 3.63) is 83.4 Å². The smallest absolute Gasteiger partial charge is 0.234 e. The van der Waals surface area contributed by atoms with E-state index >= 15 is 0 Å². The van der Waals surface area contributed by atoms with Crippen LogP contribution < -0.4 is 4.74 Å². The van der Waals surface area contributed by atoms with E-state index < -0.39 is 5.72 Å². The maximum Gasteiger partial charge on any atom is 0.234 e. The van der Waals surface area contributed by atoms with Crippen LogP contribution in [0.5, 0.6) is 5.75 Å². The van der Waals surface area contributed by atoms with E-state index in [1.54, 1.807) is 13.4 Å². The van der Waals surface area contributed by atoms with Crippen molar-refractivity contribution in [1.29, 1.82) is 0 Å². The van der Waals surface area contributed by atoms with Crippen molar-refractivity contribution < 1.29 is 9.57 Å². The summed E-state index contributed by atoms with van der Waals surface area (Å²) in [5, 5.41) is 4.39. The Morgan fingerprint density at radius 3 is 2.83 bits per heavy atom. The fourth-order valence-electron chi connectivity index (χ4n) is 4.25. The van der Waals surface area contributed by atoms with E-state index in [1.807, 2.05) is 42.0 Å². The number of rotatable bonds is 4. The summed E-state index contributed by atoms with van der Waals surface area (Å²) in [7, 11) is 1.68. The van der Waals surface area contributed by atoms with Gasteiger partial charge in [0.05, 0.1) is 24.8 Å². The van der Waals surface area contributed by atoms with Crippen molar-refractivity contribution in [2.24, 2.45) is 5.16 Å². The molecule has 1 atom stereocenters. The van der Waals surface area contributed by atoms with Crippen LogP contribution in [0, 0.1) is 6.92 Å². The molecule has 0 amide bonds. The minimum Gasteiger partial charge on any atom is -0.495 e. The van der Waals surface area contributed by atoms with Crippen LogP contribution in [0.4, 0.5) is 0 Å². The van der Waals surface area contributed by atoms with Crippen molar-refractivity contribution >= 4 is 11.9 Å². The number of nitrogens with zero attached hydrogens (tertiary/aromatic N) is 4. The second-order valence-electron chi connectivity index (χ2n) is 7.77. The van der Waals surface area contributed by atoms with Gasteiger partial charge >= 0.3 is 0 Å². The molecule has 0 radical (unpaired) electrons. The molecule has 0 N–H and O–H groups in total. The van der Waals surface area contributed by atoms with Crippen LogP contribution >= 0.6 is 0 Å². The van der Waals surface area contributed by atoms with Gasteiger partial charge in [0, 0.05) is 25.2 Å². The Balaban J connectivity index is 1.40. The number of aromatic nitrogens is 2. The lowest BCUT2D eigenvalue weighted by molar-refractivity contribution is -0.0957. The first-order chi connectivity index (χ1) is 14.6. The Kier molecular flexibility index (Phi) is 4.35. The molecule has 0 saturated carbocycles. The van der Waals surface area contributed by atoms with Crippen LogP contribution in [-0.2, 0) is 17.0 Å². The van der Waals surface area contributed by atoms with Crippen LogP contribution in [0.2, 0.25) is 0 Å². The topological polar surface area (TPSA) is 51.9 Å². The molecule has 1 unspecified atom stereocenters. The first-order valence-corrected chi connectivity index (χ1v) is 10.1. The van der Waals surface area contributed by atoms with E-state index in [2.05, 4.69) is 52.3 Å². The third kappa shape index (κ3) is 2.96. The summed E-state index contributed by atoms with van der Waals surface area (Å²) in [6.45, 7) is 4.93. The second kappa shape index (κ2) is 7.06. The predicted octanol–water partition coefficient (Wildman–Crippen LogP) is 4.28. The van der Waals surface area contributed by atoms with E-state index in [1.165, 1.54) is 11.1 Å². The third-order valence-corrected chi connectivity index (χ3v) is 5.85. The number of benzene rings is 2. The van der Waals surface area contributed by atoms with Gasteiger partial charge in [-0.1, -0.05) is 41.6 Å². The molecule has 0 bridgehead atoms. The number of aryl methyl sites for hydroxylation is 1. The molecule has 0 spiro atoms. The highest BCUT2D eigenvalue weighted by molar-refractivity contribution is 5.97. The first-order valence-electron chi connectivity index (χ1n) is 10.1. The Hall–Kier alpha value is -3.54. The third-order valence-electron chi connectivity index (χ3n) is 5.85. The minimum atomic E-state index is -0.546. The molecule has 1 aromatic heterocycles. The summed E-state index contributed by atoms with van der Waals surface area (Å²) >= 11 is 0. The Labute approximate surface area is 176 Å². The number of amidine groups is 1. The molecule has 6 nitrogen and oxygen atoms in total. The fraction of sp³-hybridized carbons (Fsp3) is 0.250. The van der Waals surface area contributed by atoms with Gasteiger partial charge in [-0.05, 0) is 42.7 Å². The molecule has 30 heavy (non-hydrogen) atoms. The average Bonchev–Trinajstić information content (AvgIpc) is 3.35. The average molecular weight is 400 g/mol. The van der Waals surface area contributed by atoms with Gasteiger partial charge in [0.15, 0.2) is 5.84 Å². The van der Waals surface area contributed by atoms with Gasteiger partial charge in [0.2, 0.25) is 5.72 Å². The fourth-order valence-corrected chi connectivity index (χ4v) is 4.25. The predicted molar refractivity (Wildman–Crippen MR) is 117 cm³/mol. The normalized spacial score (nSPS) is 20.0. The highest BCUT2D eigenvalue weighted by Gasteiger charge is 2.46. The molecule has 2 aliphatic heterocycles. The second-order valence-corrected chi connectivity index (χ2v) is 7.77. The van der Waals surface area contributed by atoms with Crippen LogP contribution in [0.15, 0.2) is 66.2 Å². The summed E-state index contributed by atoms with van der Waals surface area (Å²) in [6, 6.07) is 14.5. The highest BCUT2D eigenvalue weighted by atomic mass is 16.7. The summed E-state index contributed by atoms with van der Waals surface area (Å²) in [6.07, 6.45) is 8.80. The van der Waals surface area contributed by atoms with E-state index in [-0.39, 0.29) is 0 Å². The maximum atomic E-state index is 5.92. The number of hydrogen-bond acceptors (Lipinski definition) is 5.